The molecule has 1 atom stereocenters. The van der Waals surface area contributed by atoms with Crippen molar-refractivity contribution in [2.75, 3.05) is 19.8 Å². The summed E-state index contributed by atoms with van der Waals surface area (Å²) in [5, 5.41) is 19.1. The normalized spacial score (nSPS) is 12.0. The zero-order chi connectivity index (χ0) is 16.8. The average Bonchev–Trinajstić information content (AvgIpc) is 2.58. The Labute approximate surface area is 133 Å². The number of fused-ring (bicyclic) bond motifs is 1. The van der Waals surface area contributed by atoms with Crippen LogP contribution >= 0.6 is 0 Å². The van der Waals surface area contributed by atoms with Crippen LogP contribution in [0.1, 0.15) is 27.6 Å². The molecule has 2 N–H and O–H groups in total. The van der Waals surface area contributed by atoms with Crippen molar-refractivity contribution in [3.63, 3.8) is 0 Å². The molecule has 0 fully saturated rings. The molecule has 1 unspecified atom stereocenters. The van der Waals surface area contributed by atoms with Crippen LogP contribution in [0.25, 0.3) is 10.8 Å². The molecule has 2 rings (SSSR count). The zero-order valence-corrected chi connectivity index (χ0v) is 12.7. The highest BCUT2D eigenvalue weighted by molar-refractivity contribution is 5.99. The fraction of sp³-hybridized carbons (Fsp3) is 0.294. The molecule has 0 amide bonds. The summed E-state index contributed by atoms with van der Waals surface area (Å²) in [6, 6.07) is 9.91. The van der Waals surface area contributed by atoms with Crippen molar-refractivity contribution in [1.82, 2.24) is 0 Å². The second-order valence-corrected chi connectivity index (χ2v) is 5.03. The number of esters is 2. The zero-order valence-electron chi connectivity index (χ0n) is 12.7. The highest BCUT2D eigenvalue weighted by Crippen LogP contribution is 2.19. The van der Waals surface area contributed by atoms with Gasteiger partial charge in [-0.15, -0.1) is 0 Å². The monoisotopic (exact) mass is 318 g/mol. The second kappa shape index (κ2) is 7.71. The van der Waals surface area contributed by atoms with E-state index in [1.54, 1.807) is 43.3 Å². The maximum absolute atomic E-state index is 11.9. The summed E-state index contributed by atoms with van der Waals surface area (Å²) in [4.78, 5) is 23.7. The van der Waals surface area contributed by atoms with Gasteiger partial charge in [0.25, 0.3) is 0 Å². The quantitative estimate of drug-likeness (QED) is 0.785. The summed E-state index contributed by atoms with van der Waals surface area (Å²) >= 11 is 0. The lowest BCUT2D eigenvalue weighted by atomic mass is 10.0. The predicted octanol–water partition coefficient (Wildman–Crippen LogP) is 1.53. The molecule has 0 aliphatic heterocycles. The molecule has 0 saturated carbocycles. The number of carbonyl (C=O) groups is 2. The second-order valence-electron chi connectivity index (χ2n) is 5.03. The minimum atomic E-state index is -0.568. The van der Waals surface area contributed by atoms with Gasteiger partial charge in [-0.3, -0.25) is 0 Å². The van der Waals surface area contributed by atoms with E-state index in [0.717, 1.165) is 10.8 Å². The highest BCUT2D eigenvalue weighted by Gasteiger charge is 2.13. The van der Waals surface area contributed by atoms with Crippen LogP contribution in [-0.4, -0.2) is 48.1 Å². The Kier molecular flexibility index (Phi) is 5.67. The van der Waals surface area contributed by atoms with E-state index in [4.69, 9.17) is 19.7 Å². The van der Waals surface area contributed by atoms with Crippen LogP contribution in [0, 0.1) is 0 Å². The number of hydrogen-bond acceptors (Lipinski definition) is 6. The number of rotatable bonds is 6. The molecule has 0 aromatic heterocycles. The van der Waals surface area contributed by atoms with Crippen molar-refractivity contribution in [3.8, 4) is 0 Å². The Morgan fingerprint density at radius 3 is 2.09 bits per heavy atom. The molecule has 6 heteroatoms. The van der Waals surface area contributed by atoms with E-state index >= 15 is 0 Å². The number of ether oxygens (including phenoxy) is 2. The standard InChI is InChI=1S/C17H18O6/c1-11(10-19)23-17(21)15-5-3-12-8-14(4-2-13(12)9-15)16(20)22-7-6-18/h2-5,8-9,11,18-19H,6-7,10H2,1H3. The summed E-state index contributed by atoms with van der Waals surface area (Å²) in [5.41, 5.74) is 0.739. The van der Waals surface area contributed by atoms with Crippen molar-refractivity contribution in [2.45, 2.75) is 13.0 Å². The Bertz CT molecular complexity index is 709. The molecule has 122 valence electrons. The first-order valence-electron chi connectivity index (χ1n) is 7.18. The van der Waals surface area contributed by atoms with Crippen LogP contribution in [0.3, 0.4) is 0 Å². The molecule has 23 heavy (non-hydrogen) atoms. The number of aliphatic hydroxyl groups excluding tert-OH is 2. The molecule has 2 aromatic rings. The minimum Gasteiger partial charge on any atom is -0.460 e. The van der Waals surface area contributed by atoms with Crippen molar-refractivity contribution in [2.24, 2.45) is 0 Å². The third kappa shape index (κ3) is 4.28. The van der Waals surface area contributed by atoms with Crippen LogP contribution in [0.15, 0.2) is 36.4 Å². The number of aliphatic hydroxyl groups is 2. The van der Waals surface area contributed by atoms with E-state index < -0.39 is 18.0 Å². The summed E-state index contributed by atoms with van der Waals surface area (Å²) in [6.45, 7) is 1.09. The number of hydrogen-bond donors (Lipinski definition) is 2. The predicted molar refractivity (Wildman–Crippen MR) is 83.3 cm³/mol. The van der Waals surface area contributed by atoms with Crippen molar-refractivity contribution >= 4 is 22.7 Å². The average molecular weight is 318 g/mol. The summed E-state index contributed by atoms with van der Waals surface area (Å²) in [6.07, 6.45) is -0.568. The van der Waals surface area contributed by atoms with Gasteiger partial charge in [0, 0.05) is 0 Å². The smallest absolute Gasteiger partial charge is 0.338 e. The van der Waals surface area contributed by atoms with Gasteiger partial charge >= 0.3 is 11.9 Å². The van der Waals surface area contributed by atoms with E-state index in [9.17, 15) is 9.59 Å². The molecule has 0 radical (unpaired) electrons. The highest BCUT2D eigenvalue weighted by atomic mass is 16.6. The molecule has 6 nitrogen and oxygen atoms in total. The molecule has 0 saturated heterocycles. The number of carbonyl (C=O) groups excluding carboxylic acids is 2. The third-order valence-corrected chi connectivity index (χ3v) is 3.20. The van der Waals surface area contributed by atoms with Gasteiger partial charge in [-0.05, 0) is 42.0 Å². The Hall–Kier alpha value is -2.44. The van der Waals surface area contributed by atoms with E-state index in [2.05, 4.69) is 0 Å². The summed E-state index contributed by atoms with van der Waals surface area (Å²) in [7, 11) is 0. The lowest BCUT2D eigenvalue weighted by molar-refractivity contribution is 0.0197. The SMILES string of the molecule is CC(CO)OC(=O)c1ccc2cc(C(=O)OCCO)ccc2c1. The molecular formula is C17H18O6. The molecule has 0 spiro atoms. The molecule has 0 aliphatic carbocycles. The Morgan fingerprint density at radius 2 is 1.57 bits per heavy atom. The Morgan fingerprint density at radius 1 is 1.00 bits per heavy atom. The van der Waals surface area contributed by atoms with Crippen LogP contribution in [0.2, 0.25) is 0 Å². The van der Waals surface area contributed by atoms with Gasteiger partial charge in [-0.2, -0.15) is 0 Å². The summed E-state index contributed by atoms with van der Waals surface area (Å²) < 4.78 is 9.91. The maximum atomic E-state index is 11.9. The molecule has 2 aromatic carbocycles. The van der Waals surface area contributed by atoms with Crippen molar-refractivity contribution < 1.29 is 29.3 Å². The van der Waals surface area contributed by atoms with E-state index in [1.165, 1.54) is 0 Å². The van der Waals surface area contributed by atoms with Gasteiger partial charge in [-0.25, -0.2) is 9.59 Å². The maximum Gasteiger partial charge on any atom is 0.338 e. The Balaban J connectivity index is 2.21. The summed E-state index contributed by atoms with van der Waals surface area (Å²) in [5.74, 6) is -1.03. The molecule has 0 heterocycles. The van der Waals surface area contributed by atoms with Gasteiger partial charge in [0.05, 0.1) is 24.3 Å². The fourth-order valence-electron chi connectivity index (χ4n) is 2.01. The number of benzene rings is 2. The topological polar surface area (TPSA) is 93.1 Å². The van der Waals surface area contributed by atoms with Gasteiger partial charge in [-0.1, -0.05) is 12.1 Å². The van der Waals surface area contributed by atoms with E-state index in [-0.39, 0.29) is 19.8 Å². The van der Waals surface area contributed by atoms with Crippen LogP contribution in [0.4, 0.5) is 0 Å². The van der Waals surface area contributed by atoms with Crippen LogP contribution in [0.5, 0.6) is 0 Å². The fourth-order valence-corrected chi connectivity index (χ4v) is 2.01. The lowest BCUT2D eigenvalue weighted by Crippen LogP contribution is -2.18. The largest absolute Gasteiger partial charge is 0.460 e. The third-order valence-electron chi connectivity index (χ3n) is 3.20. The van der Waals surface area contributed by atoms with Gasteiger partial charge < -0.3 is 19.7 Å². The van der Waals surface area contributed by atoms with Gasteiger partial charge in [0.2, 0.25) is 0 Å². The van der Waals surface area contributed by atoms with Crippen molar-refractivity contribution in [3.05, 3.63) is 47.5 Å². The molecular weight excluding hydrogens is 300 g/mol. The van der Waals surface area contributed by atoms with Gasteiger partial charge in [0.15, 0.2) is 0 Å². The van der Waals surface area contributed by atoms with E-state index in [1.807, 2.05) is 0 Å². The van der Waals surface area contributed by atoms with Gasteiger partial charge in [0.1, 0.15) is 12.7 Å². The molecule has 0 aliphatic rings. The molecule has 0 bridgehead atoms. The minimum absolute atomic E-state index is 0.0509. The van der Waals surface area contributed by atoms with Crippen LogP contribution < -0.4 is 0 Å². The first-order valence-corrected chi connectivity index (χ1v) is 7.18. The lowest BCUT2D eigenvalue weighted by Gasteiger charge is -2.11. The first-order chi connectivity index (χ1) is 11.0. The van der Waals surface area contributed by atoms with Crippen LogP contribution in [-0.2, 0) is 9.47 Å². The first kappa shape index (κ1) is 16.9. The van der Waals surface area contributed by atoms with Crippen molar-refractivity contribution in [1.29, 1.82) is 0 Å². The van der Waals surface area contributed by atoms with E-state index in [0.29, 0.717) is 11.1 Å².